The van der Waals surface area contributed by atoms with Crippen LogP contribution in [0.1, 0.15) is 25.3 Å². The minimum Gasteiger partial charge on any atom is -0.483 e. The first-order valence-corrected chi connectivity index (χ1v) is 6.86. The lowest BCUT2D eigenvalue weighted by molar-refractivity contribution is -0.148. The van der Waals surface area contributed by atoms with Crippen LogP contribution in [0, 0.1) is 0 Å². The summed E-state index contributed by atoms with van der Waals surface area (Å²) in [5.41, 5.74) is 1.04. The van der Waals surface area contributed by atoms with E-state index in [-0.39, 0.29) is 12.5 Å². The van der Waals surface area contributed by atoms with Gasteiger partial charge in [-0.3, -0.25) is 4.79 Å². The van der Waals surface area contributed by atoms with Crippen LogP contribution < -0.4 is 4.74 Å². The van der Waals surface area contributed by atoms with Crippen molar-refractivity contribution in [3.63, 3.8) is 0 Å². The van der Waals surface area contributed by atoms with Crippen molar-refractivity contribution in [2.75, 3.05) is 13.2 Å². The Bertz CT molecular complexity index is 500. The Balaban J connectivity index is 1.97. The summed E-state index contributed by atoms with van der Waals surface area (Å²) in [6, 6.07) is 6.86. The van der Waals surface area contributed by atoms with Gasteiger partial charge >= 0.3 is 5.97 Å². The molecule has 0 bridgehead atoms. The van der Waals surface area contributed by atoms with Crippen LogP contribution in [0.25, 0.3) is 0 Å². The Morgan fingerprint density at radius 3 is 2.85 bits per heavy atom. The molecule has 1 fully saturated rings. The number of aliphatic carboxylic acids is 1. The monoisotopic (exact) mass is 277 g/mol. The molecule has 5 heteroatoms. The molecule has 1 saturated heterocycles. The van der Waals surface area contributed by atoms with Gasteiger partial charge in [0.1, 0.15) is 11.8 Å². The van der Waals surface area contributed by atoms with Crippen LogP contribution in [-0.4, -0.2) is 41.1 Å². The van der Waals surface area contributed by atoms with E-state index >= 15 is 0 Å². The molecule has 0 aromatic heterocycles. The molecule has 0 radical (unpaired) electrons. The van der Waals surface area contributed by atoms with Crippen molar-refractivity contribution >= 4 is 11.9 Å². The van der Waals surface area contributed by atoms with Crippen molar-refractivity contribution in [1.29, 1.82) is 0 Å². The van der Waals surface area contributed by atoms with E-state index in [0.29, 0.717) is 18.7 Å². The largest absolute Gasteiger partial charge is 0.483 e. The van der Waals surface area contributed by atoms with Gasteiger partial charge in [0.15, 0.2) is 6.61 Å². The van der Waals surface area contributed by atoms with Gasteiger partial charge in [-0.15, -0.1) is 0 Å². The van der Waals surface area contributed by atoms with Crippen molar-refractivity contribution in [2.45, 2.75) is 32.2 Å². The highest BCUT2D eigenvalue weighted by Gasteiger charge is 2.33. The molecule has 1 aromatic carbocycles. The van der Waals surface area contributed by atoms with Crippen molar-refractivity contribution in [2.24, 2.45) is 0 Å². The molecule has 1 aliphatic heterocycles. The quantitative estimate of drug-likeness (QED) is 0.889. The predicted octanol–water partition coefficient (Wildman–Crippen LogP) is 1.70. The summed E-state index contributed by atoms with van der Waals surface area (Å²) in [7, 11) is 0. The molecule has 1 atom stereocenters. The van der Waals surface area contributed by atoms with Crippen LogP contribution in [-0.2, 0) is 16.0 Å². The van der Waals surface area contributed by atoms with E-state index < -0.39 is 12.0 Å². The van der Waals surface area contributed by atoms with E-state index in [4.69, 9.17) is 9.84 Å². The van der Waals surface area contributed by atoms with Crippen LogP contribution in [0.3, 0.4) is 0 Å². The van der Waals surface area contributed by atoms with Gasteiger partial charge in [-0.2, -0.15) is 0 Å². The maximum atomic E-state index is 12.1. The highest BCUT2D eigenvalue weighted by atomic mass is 16.5. The zero-order chi connectivity index (χ0) is 14.5. The molecular formula is C15H19NO4. The minimum absolute atomic E-state index is 0.110. The highest BCUT2D eigenvalue weighted by Crippen LogP contribution is 2.20. The number of ether oxygens (including phenoxy) is 1. The Hall–Kier alpha value is -2.04. The maximum Gasteiger partial charge on any atom is 0.326 e. The van der Waals surface area contributed by atoms with Crippen LogP contribution in [0.4, 0.5) is 0 Å². The third-order valence-electron chi connectivity index (χ3n) is 3.56. The lowest BCUT2D eigenvalue weighted by Gasteiger charge is -2.21. The molecule has 0 aliphatic carbocycles. The SMILES string of the molecule is CCc1ccccc1OCC(=O)N1CCC[C@@H]1C(=O)O. The molecule has 2 rings (SSSR count). The fourth-order valence-electron chi connectivity index (χ4n) is 2.48. The summed E-state index contributed by atoms with van der Waals surface area (Å²) in [4.78, 5) is 24.5. The number of rotatable bonds is 5. The van der Waals surface area contributed by atoms with Gasteiger partial charge in [-0.1, -0.05) is 25.1 Å². The van der Waals surface area contributed by atoms with Crippen molar-refractivity contribution in [3.8, 4) is 5.75 Å². The lowest BCUT2D eigenvalue weighted by atomic mass is 10.1. The first-order valence-electron chi connectivity index (χ1n) is 6.86. The van der Waals surface area contributed by atoms with Gasteiger partial charge in [-0.05, 0) is 30.9 Å². The fourth-order valence-corrected chi connectivity index (χ4v) is 2.48. The molecule has 0 spiro atoms. The Morgan fingerprint density at radius 1 is 1.40 bits per heavy atom. The predicted molar refractivity (Wildman–Crippen MR) is 73.7 cm³/mol. The number of hydrogen-bond acceptors (Lipinski definition) is 3. The van der Waals surface area contributed by atoms with Crippen molar-refractivity contribution < 1.29 is 19.4 Å². The summed E-state index contributed by atoms with van der Waals surface area (Å²) in [6.07, 6.45) is 2.08. The maximum absolute atomic E-state index is 12.1. The summed E-state index contributed by atoms with van der Waals surface area (Å²) in [5.74, 6) is -0.514. The second-order valence-electron chi connectivity index (χ2n) is 4.83. The molecule has 1 N–H and O–H groups in total. The number of carbonyl (C=O) groups is 2. The first-order chi connectivity index (χ1) is 9.63. The molecule has 1 aliphatic rings. The number of likely N-dealkylation sites (tertiary alicyclic amines) is 1. The second kappa shape index (κ2) is 6.41. The van der Waals surface area contributed by atoms with Crippen LogP contribution >= 0.6 is 0 Å². The van der Waals surface area contributed by atoms with Gasteiger partial charge in [0.25, 0.3) is 5.91 Å². The fraction of sp³-hybridized carbons (Fsp3) is 0.467. The standard InChI is InChI=1S/C15H19NO4/c1-2-11-6-3-4-8-13(11)20-10-14(17)16-9-5-7-12(16)15(18)19/h3-4,6,8,12H,2,5,7,9-10H2,1H3,(H,18,19)/t12-/m1/s1. The molecule has 20 heavy (non-hydrogen) atoms. The number of amides is 1. The number of nitrogens with zero attached hydrogens (tertiary/aromatic N) is 1. The van der Waals surface area contributed by atoms with Gasteiger partial charge < -0.3 is 14.7 Å². The van der Waals surface area contributed by atoms with E-state index in [1.165, 1.54) is 4.90 Å². The number of benzene rings is 1. The zero-order valence-corrected chi connectivity index (χ0v) is 11.5. The number of carbonyl (C=O) groups excluding carboxylic acids is 1. The van der Waals surface area contributed by atoms with Crippen LogP contribution in [0.15, 0.2) is 24.3 Å². The van der Waals surface area contributed by atoms with E-state index in [0.717, 1.165) is 18.4 Å². The van der Waals surface area contributed by atoms with Gasteiger partial charge in [0.05, 0.1) is 0 Å². The van der Waals surface area contributed by atoms with Crippen LogP contribution in [0.5, 0.6) is 5.75 Å². The van der Waals surface area contributed by atoms with Crippen LogP contribution in [0.2, 0.25) is 0 Å². The molecule has 5 nitrogen and oxygen atoms in total. The average molecular weight is 277 g/mol. The number of carboxylic acid groups (broad SMARTS) is 1. The van der Waals surface area contributed by atoms with E-state index in [2.05, 4.69) is 0 Å². The third-order valence-corrected chi connectivity index (χ3v) is 3.56. The van der Waals surface area contributed by atoms with E-state index in [9.17, 15) is 9.59 Å². The topological polar surface area (TPSA) is 66.8 Å². The Labute approximate surface area is 118 Å². The van der Waals surface area contributed by atoms with E-state index in [1.807, 2.05) is 31.2 Å². The van der Waals surface area contributed by atoms with Gasteiger partial charge in [0, 0.05) is 6.54 Å². The van der Waals surface area contributed by atoms with Crippen molar-refractivity contribution in [1.82, 2.24) is 4.90 Å². The summed E-state index contributed by atoms with van der Waals surface area (Å²) >= 11 is 0. The molecule has 108 valence electrons. The summed E-state index contributed by atoms with van der Waals surface area (Å²) in [5, 5.41) is 9.07. The van der Waals surface area contributed by atoms with Gasteiger partial charge in [0.2, 0.25) is 0 Å². The van der Waals surface area contributed by atoms with E-state index in [1.54, 1.807) is 0 Å². The minimum atomic E-state index is -0.940. The number of carboxylic acids is 1. The average Bonchev–Trinajstić information content (AvgIpc) is 2.94. The Kier molecular flexibility index (Phi) is 4.61. The molecule has 0 saturated carbocycles. The number of hydrogen-bond donors (Lipinski definition) is 1. The lowest BCUT2D eigenvalue weighted by Crippen LogP contribution is -2.42. The second-order valence-corrected chi connectivity index (χ2v) is 4.83. The zero-order valence-electron chi connectivity index (χ0n) is 11.5. The smallest absolute Gasteiger partial charge is 0.326 e. The molecule has 1 amide bonds. The number of para-hydroxylation sites is 1. The molecule has 1 aromatic rings. The summed E-state index contributed by atoms with van der Waals surface area (Å²) < 4.78 is 5.55. The molecular weight excluding hydrogens is 258 g/mol. The molecule has 1 heterocycles. The van der Waals surface area contributed by atoms with Gasteiger partial charge in [-0.25, -0.2) is 4.79 Å². The van der Waals surface area contributed by atoms with Crippen molar-refractivity contribution in [3.05, 3.63) is 29.8 Å². The number of aryl methyl sites for hydroxylation is 1. The highest BCUT2D eigenvalue weighted by molar-refractivity contribution is 5.85. The first kappa shape index (κ1) is 14.4. The molecule has 0 unspecified atom stereocenters. The normalized spacial score (nSPS) is 18.1. The third kappa shape index (κ3) is 3.10. The summed E-state index contributed by atoms with van der Waals surface area (Å²) in [6.45, 7) is 2.40. The Morgan fingerprint density at radius 2 is 2.15 bits per heavy atom.